The van der Waals surface area contributed by atoms with Crippen molar-refractivity contribution in [3.05, 3.63) is 56.0 Å². The van der Waals surface area contributed by atoms with E-state index in [9.17, 15) is 0 Å². The molecule has 0 saturated heterocycles. The van der Waals surface area contributed by atoms with Crippen LogP contribution in [0.5, 0.6) is 11.5 Å². The number of ether oxygens (including phenoxy) is 1. The number of nitriles is 1. The van der Waals surface area contributed by atoms with Crippen molar-refractivity contribution >= 4 is 46.4 Å². The first-order valence-corrected chi connectivity index (χ1v) is 6.54. The van der Waals surface area contributed by atoms with Gasteiger partial charge in [-0.2, -0.15) is 5.26 Å². The maximum Gasteiger partial charge on any atom is 0.164 e. The third-order valence-corrected chi connectivity index (χ3v) is 3.34. The van der Waals surface area contributed by atoms with E-state index in [0.29, 0.717) is 21.4 Å². The predicted octanol–water partition coefficient (Wildman–Crippen LogP) is 5.96. The zero-order chi connectivity index (χ0) is 14.0. The topological polar surface area (TPSA) is 33.0 Å². The summed E-state index contributed by atoms with van der Waals surface area (Å²) in [6.07, 6.45) is 0. The quantitative estimate of drug-likeness (QED) is 0.679. The first-order valence-electron chi connectivity index (χ1n) is 5.03. The third-order valence-electron chi connectivity index (χ3n) is 2.24. The minimum Gasteiger partial charge on any atom is -0.454 e. The van der Waals surface area contributed by atoms with Crippen molar-refractivity contribution in [2.75, 3.05) is 0 Å². The molecule has 0 amide bonds. The van der Waals surface area contributed by atoms with Gasteiger partial charge in [0, 0.05) is 11.1 Å². The highest BCUT2D eigenvalue weighted by Gasteiger charge is 2.11. The van der Waals surface area contributed by atoms with Crippen LogP contribution in [0, 0.1) is 11.3 Å². The van der Waals surface area contributed by atoms with Crippen molar-refractivity contribution in [3.63, 3.8) is 0 Å². The maximum absolute atomic E-state index is 8.79. The average molecular weight is 333 g/mol. The van der Waals surface area contributed by atoms with E-state index in [2.05, 4.69) is 0 Å². The second-order valence-electron chi connectivity index (χ2n) is 3.55. The van der Waals surface area contributed by atoms with Gasteiger partial charge in [0.05, 0.1) is 20.6 Å². The van der Waals surface area contributed by atoms with E-state index in [1.54, 1.807) is 12.1 Å². The molecule has 0 fully saturated rings. The Morgan fingerprint density at radius 2 is 1.53 bits per heavy atom. The Hall–Kier alpha value is -1.11. The van der Waals surface area contributed by atoms with E-state index >= 15 is 0 Å². The van der Waals surface area contributed by atoms with Gasteiger partial charge in [-0.25, -0.2) is 0 Å². The van der Waals surface area contributed by atoms with Gasteiger partial charge in [-0.05, 0) is 24.3 Å². The number of halogens is 4. The summed E-state index contributed by atoms with van der Waals surface area (Å²) in [4.78, 5) is 0. The zero-order valence-electron chi connectivity index (χ0n) is 9.25. The van der Waals surface area contributed by atoms with Crippen molar-refractivity contribution in [3.8, 4) is 17.6 Å². The molecule has 0 saturated carbocycles. The van der Waals surface area contributed by atoms with Crippen molar-refractivity contribution in [1.29, 1.82) is 5.26 Å². The lowest BCUT2D eigenvalue weighted by molar-refractivity contribution is 0.483. The van der Waals surface area contributed by atoms with Crippen molar-refractivity contribution in [2.45, 2.75) is 0 Å². The molecule has 0 spiro atoms. The molecule has 0 aliphatic heterocycles. The molecule has 0 aliphatic rings. The summed E-state index contributed by atoms with van der Waals surface area (Å²) in [7, 11) is 0. The number of rotatable bonds is 2. The Morgan fingerprint density at radius 3 is 2.05 bits per heavy atom. The van der Waals surface area contributed by atoms with Gasteiger partial charge in [0.2, 0.25) is 0 Å². The van der Waals surface area contributed by atoms with E-state index in [4.69, 9.17) is 56.4 Å². The van der Waals surface area contributed by atoms with Crippen LogP contribution in [0.15, 0.2) is 30.3 Å². The summed E-state index contributed by atoms with van der Waals surface area (Å²) < 4.78 is 5.56. The highest BCUT2D eigenvalue weighted by Crippen LogP contribution is 2.39. The zero-order valence-corrected chi connectivity index (χ0v) is 12.3. The van der Waals surface area contributed by atoms with Crippen LogP contribution < -0.4 is 4.74 Å². The van der Waals surface area contributed by atoms with E-state index in [1.807, 2.05) is 6.07 Å². The molecule has 96 valence electrons. The minimum absolute atomic E-state index is 0.286. The van der Waals surface area contributed by atoms with E-state index in [0.717, 1.165) is 0 Å². The number of hydrogen-bond donors (Lipinski definition) is 0. The van der Waals surface area contributed by atoms with Gasteiger partial charge in [0.1, 0.15) is 11.8 Å². The van der Waals surface area contributed by atoms with Gasteiger partial charge in [0.15, 0.2) is 5.75 Å². The van der Waals surface area contributed by atoms with Gasteiger partial charge in [-0.1, -0.05) is 46.4 Å². The number of nitrogens with zero attached hydrogens (tertiary/aromatic N) is 1. The lowest BCUT2D eigenvalue weighted by Crippen LogP contribution is -1.88. The van der Waals surface area contributed by atoms with Crippen LogP contribution in [0.25, 0.3) is 0 Å². The van der Waals surface area contributed by atoms with Crippen molar-refractivity contribution < 1.29 is 4.74 Å². The Labute approximate surface area is 130 Å². The Bertz CT molecular complexity index is 656. The summed E-state index contributed by atoms with van der Waals surface area (Å²) in [6.45, 7) is 0. The molecule has 6 heteroatoms. The van der Waals surface area contributed by atoms with Crippen LogP contribution >= 0.6 is 46.4 Å². The van der Waals surface area contributed by atoms with Crippen LogP contribution in [0.1, 0.15) is 5.56 Å². The first kappa shape index (κ1) is 14.3. The average Bonchev–Trinajstić information content (AvgIpc) is 2.34. The normalized spacial score (nSPS) is 10.1. The monoisotopic (exact) mass is 331 g/mol. The smallest absolute Gasteiger partial charge is 0.164 e. The molecule has 0 bridgehead atoms. The van der Waals surface area contributed by atoms with Crippen LogP contribution in [0.4, 0.5) is 0 Å². The van der Waals surface area contributed by atoms with Crippen LogP contribution in [-0.4, -0.2) is 0 Å². The fraction of sp³-hybridized carbons (Fsp3) is 0. The summed E-state index contributed by atoms with van der Waals surface area (Å²) in [5.74, 6) is 0.712. The summed E-state index contributed by atoms with van der Waals surface area (Å²) >= 11 is 23.7. The fourth-order valence-corrected chi connectivity index (χ4v) is 2.50. The molecule has 0 radical (unpaired) electrons. The third kappa shape index (κ3) is 3.26. The number of hydrogen-bond acceptors (Lipinski definition) is 2. The standard InChI is InChI=1S/C13H5Cl4NO/c14-8-3-11(16)13(12(17)4-8)19-9-2-1-7(6-18)10(15)5-9/h1-5H. The highest BCUT2D eigenvalue weighted by molar-refractivity contribution is 6.40. The predicted molar refractivity (Wildman–Crippen MR) is 77.7 cm³/mol. The largest absolute Gasteiger partial charge is 0.454 e. The molecule has 2 nitrogen and oxygen atoms in total. The molecule has 0 heterocycles. The molecule has 0 unspecified atom stereocenters. The summed E-state index contributed by atoms with van der Waals surface area (Å²) in [5.41, 5.74) is 0.363. The SMILES string of the molecule is N#Cc1ccc(Oc2c(Cl)cc(Cl)cc2Cl)cc1Cl. The Kier molecular flexibility index (Phi) is 4.44. The van der Waals surface area contributed by atoms with Gasteiger partial charge in [0.25, 0.3) is 0 Å². The Balaban J connectivity index is 2.37. The van der Waals surface area contributed by atoms with E-state index in [1.165, 1.54) is 18.2 Å². The second kappa shape index (κ2) is 5.90. The lowest BCUT2D eigenvalue weighted by Gasteiger charge is -2.10. The molecule has 2 aromatic carbocycles. The molecule has 19 heavy (non-hydrogen) atoms. The van der Waals surface area contributed by atoms with Gasteiger partial charge in [-0.15, -0.1) is 0 Å². The Morgan fingerprint density at radius 1 is 0.895 bits per heavy atom. The van der Waals surface area contributed by atoms with Crippen molar-refractivity contribution in [1.82, 2.24) is 0 Å². The molecule has 0 atom stereocenters. The van der Waals surface area contributed by atoms with Crippen LogP contribution in [0.2, 0.25) is 20.1 Å². The molecule has 2 rings (SSSR count). The van der Waals surface area contributed by atoms with Gasteiger partial charge in [-0.3, -0.25) is 0 Å². The first-order chi connectivity index (χ1) is 9.01. The molecule has 0 aliphatic carbocycles. The summed E-state index contributed by atoms with van der Waals surface area (Å²) in [5, 5.41) is 10.1. The maximum atomic E-state index is 8.79. The molecule has 0 N–H and O–H groups in total. The molecule has 2 aromatic rings. The summed E-state index contributed by atoms with van der Waals surface area (Å²) in [6, 6.07) is 9.68. The molecule has 0 aromatic heterocycles. The number of benzene rings is 2. The fourth-order valence-electron chi connectivity index (χ4n) is 1.39. The second-order valence-corrected chi connectivity index (χ2v) is 5.21. The van der Waals surface area contributed by atoms with E-state index < -0.39 is 0 Å². The minimum atomic E-state index is 0.286. The molecular formula is C13H5Cl4NO. The molecular weight excluding hydrogens is 328 g/mol. The van der Waals surface area contributed by atoms with Crippen LogP contribution in [-0.2, 0) is 0 Å². The highest BCUT2D eigenvalue weighted by atomic mass is 35.5. The van der Waals surface area contributed by atoms with Crippen molar-refractivity contribution in [2.24, 2.45) is 0 Å². The van der Waals surface area contributed by atoms with Gasteiger partial charge >= 0.3 is 0 Å². The van der Waals surface area contributed by atoms with E-state index in [-0.39, 0.29) is 15.8 Å². The lowest BCUT2D eigenvalue weighted by atomic mass is 10.2. The van der Waals surface area contributed by atoms with Gasteiger partial charge < -0.3 is 4.74 Å². The van der Waals surface area contributed by atoms with Crippen LogP contribution in [0.3, 0.4) is 0 Å².